The smallest absolute Gasteiger partial charge is 0.282 e. The SMILES string of the molecule is CCOc1ccccc1NC=C1C(=O)N(c2ccc(S(N)(=O)=O)cc2)N=C1C. The fraction of sp³-hybridized carbons (Fsp3) is 0.158. The second-order valence-electron chi connectivity index (χ2n) is 5.97. The molecule has 3 rings (SSSR count). The van der Waals surface area contributed by atoms with E-state index in [2.05, 4.69) is 10.4 Å². The minimum atomic E-state index is -3.80. The third kappa shape index (κ3) is 4.05. The molecule has 0 atom stereocenters. The Labute approximate surface area is 163 Å². The molecule has 2 aromatic rings. The number of primary sulfonamides is 1. The number of nitrogens with one attached hydrogen (secondary N) is 1. The molecule has 0 aromatic heterocycles. The molecule has 0 spiro atoms. The lowest BCUT2D eigenvalue weighted by atomic mass is 10.2. The van der Waals surface area contributed by atoms with Crippen LogP contribution in [0.5, 0.6) is 5.75 Å². The molecule has 9 heteroatoms. The van der Waals surface area contributed by atoms with Gasteiger partial charge in [-0.25, -0.2) is 13.6 Å². The monoisotopic (exact) mass is 400 g/mol. The number of amides is 1. The van der Waals surface area contributed by atoms with Crippen molar-refractivity contribution in [2.75, 3.05) is 16.9 Å². The second kappa shape index (κ2) is 7.83. The Morgan fingerprint density at radius 2 is 1.86 bits per heavy atom. The number of hydrogen-bond acceptors (Lipinski definition) is 6. The van der Waals surface area contributed by atoms with Gasteiger partial charge in [0.25, 0.3) is 5.91 Å². The predicted octanol–water partition coefficient (Wildman–Crippen LogP) is 2.45. The van der Waals surface area contributed by atoms with E-state index in [0.717, 1.165) is 5.69 Å². The number of sulfonamides is 1. The van der Waals surface area contributed by atoms with Crippen molar-refractivity contribution in [1.82, 2.24) is 0 Å². The highest BCUT2D eigenvalue weighted by molar-refractivity contribution is 7.89. The van der Waals surface area contributed by atoms with Gasteiger partial charge in [0, 0.05) is 6.20 Å². The number of nitrogens with zero attached hydrogens (tertiary/aromatic N) is 2. The maximum atomic E-state index is 12.8. The molecule has 146 valence electrons. The predicted molar refractivity (Wildman–Crippen MR) is 108 cm³/mol. The van der Waals surface area contributed by atoms with Gasteiger partial charge in [0.1, 0.15) is 5.75 Å². The molecule has 1 aliphatic rings. The van der Waals surface area contributed by atoms with Crippen molar-refractivity contribution in [3.63, 3.8) is 0 Å². The number of hydrogen-bond donors (Lipinski definition) is 2. The summed E-state index contributed by atoms with van der Waals surface area (Å²) in [6, 6.07) is 13.0. The molecule has 0 saturated carbocycles. The fourth-order valence-corrected chi connectivity index (χ4v) is 3.17. The Bertz CT molecular complexity index is 1060. The van der Waals surface area contributed by atoms with Crippen LogP contribution in [0.3, 0.4) is 0 Å². The Morgan fingerprint density at radius 1 is 1.18 bits per heavy atom. The summed E-state index contributed by atoms with van der Waals surface area (Å²) in [4.78, 5) is 12.7. The molecule has 0 bridgehead atoms. The lowest BCUT2D eigenvalue weighted by molar-refractivity contribution is -0.114. The van der Waals surface area contributed by atoms with E-state index in [1.807, 2.05) is 31.2 Å². The Kier molecular flexibility index (Phi) is 5.48. The van der Waals surface area contributed by atoms with Crippen molar-refractivity contribution in [2.24, 2.45) is 10.2 Å². The highest BCUT2D eigenvalue weighted by Gasteiger charge is 2.29. The van der Waals surface area contributed by atoms with Crippen LogP contribution >= 0.6 is 0 Å². The molecule has 0 aliphatic carbocycles. The first kappa shape index (κ1) is 19.6. The molecule has 0 unspecified atom stereocenters. The van der Waals surface area contributed by atoms with Crippen LogP contribution in [0.15, 0.2) is 70.3 Å². The van der Waals surface area contributed by atoms with Crippen molar-refractivity contribution >= 4 is 33.0 Å². The maximum absolute atomic E-state index is 12.8. The largest absolute Gasteiger partial charge is 0.492 e. The second-order valence-corrected chi connectivity index (χ2v) is 7.53. The molecule has 0 radical (unpaired) electrons. The van der Waals surface area contributed by atoms with Crippen molar-refractivity contribution in [2.45, 2.75) is 18.7 Å². The Balaban J connectivity index is 1.82. The molecule has 0 saturated heterocycles. The minimum absolute atomic E-state index is 0.0337. The number of para-hydroxylation sites is 2. The molecule has 28 heavy (non-hydrogen) atoms. The Morgan fingerprint density at radius 3 is 2.50 bits per heavy atom. The van der Waals surface area contributed by atoms with Gasteiger partial charge in [0.15, 0.2) is 0 Å². The molecule has 1 aliphatic heterocycles. The van der Waals surface area contributed by atoms with E-state index in [4.69, 9.17) is 9.88 Å². The van der Waals surface area contributed by atoms with Crippen LogP contribution in [-0.2, 0) is 14.8 Å². The fourth-order valence-electron chi connectivity index (χ4n) is 2.65. The van der Waals surface area contributed by atoms with Crippen LogP contribution in [0.25, 0.3) is 0 Å². The summed E-state index contributed by atoms with van der Waals surface area (Å²) in [7, 11) is -3.80. The first-order valence-electron chi connectivity index (χ1n) is 8.52. The van der Waals surface area contributed by atoms with Gasteiger partial charge in [-0.3, -0.25) is 4.79 Å². The normalized spacial score (nSPS) is 15.7. The number of anilines is 2. The van der Waals surface area contributed by atoms with Crippen LogP contribution in [0.2, 0.25) is 0 Å². The zero-order chi connectivity index (χ0) is 20.3. The summed E-state index contributed by atoms with van der Waals surface area (Å²) in [5, 5.41) is 13.7. The number of benzene rings is 2. The average Bonchev–Trinajstić information content (AvgIpc) is 2.95. The first-order chi connectivity index (χ1) is 13.3. The average molecular weight is 400 g/mol. The van der Waals surface area contributed by atoms with Gasteiger partial charge in [-0.2, -0.15) is 10.1 Å². The first-order valence-corrected chi connectivity index (χ1v) is 10.1. The number of carbonyl (C=O) groups is 1. The van der Waals surface area contributed by atoms with Crippen LogP contribution in [0, 0.1) is 0 Å². The van der Waals surface area contributed by atoms with Gasteiger partial charge in [-0.1, -0.05) is 12.1 Å². The van der Waals surface area contributed by atoms with Crippen LogP contribution in [-0.4, -0.2) is 26.6 Å². The summed E-state index contributed by atoms with van der Waals surface area (Å²) in [5.74, 6) is 0.347. The molecule has 1 heterocycles. The minimum Gasteiger partial charge on any atom is -0.492 e. The van der Waals surface area contributed by atoms with Crippen LogP contribution in [0.1, 0.15) is 13.8 Å². The lowest BCUT2D eigenvalue weighted by Gasteiger charge is -2.12. The van der Waals surface area contributed by atoms with Crippen molar-refractivity contribution in [1.29, 1.82) is 0 Å². The molecule has 1 amide bonds. The van der Waals surface area contributed by atoms with Gasteiger partial charge in [0.2, 0.25) is 10.0 Å². The topological polar surface area (TPSA) is 114 Å². The number of hydrazone groups is 1. The Hall–Kier alpha value is -3.17. The lowest BCUT2D eigenvalue weighted by Crippen LogP contribution is -2.22. The molecule has 2 aromatic carbocycles. The zero-order valence-corrected chi connectivity index (χ0v) is 16.2. The highest BCUT2D eigenvalue weighted by atomic mass is 32.2. The van der Waals surface area contributed by atoms with Gasteiger partial charge < -0.3 is 10.1 Å². The zero-order valence-electron chi connectivity index (χ0n) is 15.4. The van der Waals surface area contributed by atoms with Crippen molar-refractivity contribution in [3.8, 4) is 5.75 Å². The number of ether oxygens (including phenoxy) is 1. The van der Waals surface area contributed by atoms with Gasteiger partial charge >= 0.3 is 0 Å². The standard InChI is InChI=1S/C19H20N4O4S/c1-3-27-18-7-5-4-6-17(18)21-12-16-13(2)22-23(19(16)24)14-8-10-15(11-9-14)28(20,25)26/h4-12,21H,3H2,1-2H3,(H2,20,25,26). The number of carbonyl (C=O) groups excluding carboxylic acids is 1. The van der Waals surface area contributed by atoms with E-state index in [9.17, 15) is 13.2 Å². The molecular formula is C19H20N4O4S. The van der Waals surface area contributed by atoms with E-state index in [1.54, 1.807) is 13.1 Å². The van der Waals surface area contributed by atoms with Crippen molar-refractivity contribution in [3.05, 3.63) is 60.3 Å². The van der Waals surface area contributed by atoms with Crippen molar-refractivity contribution < 1.29 is 17.9 Å². The summed E-state index contributed by atoms with van der Waals surface area (Å²) in [6.07, 6.45) is 1.58. The summed E-state index contributed by atoms with van der Waals surface area (Å²) in [6.45, 7) is 4.14. The third-order valence-corrected chi connectivity index (χ3v) is 4.96. The van der Waals surface area contributed by atoms with Gasteiger partial charge in [0.05, 0.1) is 34.2 Å². The summed E-state index contributed by atoms with van der Waals surface area (Å²) in [5.41, 5.74) is 2.09. The third-order valence-electron chi connectivity index (χ3n) is 4.03. The van der Waals surface area contributed by atoms with Crippen LogP contribution in [0.4, 0.5) is 11.4 Å². The van der Waals surface area contributed by atoms with Crippen LogP contribution < -0.4 is 20.2 Å². The molecule has 8 nitrogen and oxygen atoms in total. The summed E-state index contributed by atoms with van der Waals surface area (Å²) < 4.78 is 28.3. The molecular weight excluding hydrogens is 380 g/mol. The highest BCUT2D eigenvalue weighted by Crippen LogP contribution is 2.27. The van der Waals surface area contributed by atoms with E-state index in [0.29, 0.717) is 29.3 Å². The van der Waals surface area contributed by atoms with E-state index >= 15 is 0 Å². The number of rotatable bonds is 6. The number of nitrogens with two attached hydrogens (primary N) is 1. The quantitative estimate of drug-likeness (QED) is 0.723. The van der Waals surface area contributed by atoms with E-state index in [1.165, 1.54) is 29.3 Å². The molecule has 0 fully saturated rings. The molecule has 3 N–H and O–H groups in total. The van der Waals surface area contributed by atoms with Gasteiger partial charge in [-0.05, 0) is 50.2 Å². The summed E-state index contributed by atoms with van der Waals surface area (Å²) >= 11 is 0. The maximum Gasteiger partial charge on any atom is 0.282 e. The van der Waals surface area contributed by atoms with E-state index in [-0.39, 0.29) is 10.8 Å². The van der Waals surface area contributed by atoms with Gasteiger partial charge in [-0.15, -0.1) is 0 Å². The van der Waals surface area contributed by atoms with E-state index < -0.39 is 10.0 Å².